The van der Waals surface area contributed by atoms with Crippen molar-refractivity contribution in [3.63, 3.8) is 0 Å². The fourth-order valence-electron chi connectivity index (χ4n) is 4.31. The van der Waals surface area contributed by atoms with E-state index in [4.69, 9.17) is 13.7 Å². The van der Waals surface area contributed by atoms with Crippen LogP contribution < -0.4 is 5.32 Å². The number of ether oxygens (including phenoxy) is 2. The summed E-state index contributed by atoms with van der Waals surface area (Å²) in [5.41, 5.74) is 0.0202. The summed E-state index contributed by atoms with van der Waals surface area (Å²) in [5.74, 6) is -1.12. The van der Waals surface area contributed by atoms with Gasteiger partial charge in [-0.3, -0.25) is 18.3 Å². The maximum Gasteiger partial charge on any atom is 0.303 e. The van der Waals surface area contributed by atoms with Gasteiger partial charge in [0.1, 0.15) is 11.9 Å². The van der Waals surface area contributed by atoms with Crippen LogP contribution >= 0.6 is 0 Å². The van der Waals surface area contributed by atoms with Crippen molar-refractivity contribution in [1.82, 2.24) is 19.5 Å². The molecule has 3 aromatic rings. The van der Waals surface area contributed by atoms with Crippen LogP contribution in [0, 0.1) is 5.92 Å². The van der Waals surface area contributed by atoms with Crippen LogP contribution in [0.4, 0.5) is 5.82 Å². The van der Waals surface area contributed by atoms with Crippen LogP contribution in [-0.2, 0) is 28.6 Å². The molecule has 192 valence electrons. The molecule has 0 spiro atoms. The number of nitrogens with one attached hydrogen (secondary N) is 1. The number of carbonyl (C=O) groups is 2. The average molecular weight is 518 g/mol. The summed E-state index contributed by atoms with van der Waals surface area (Å²) in [4.78, 5) is 37.5. The highest BCUT2D eigenvalue weighted by molar-refractivity contribution is 7.85. The molecular formula is C23H27N5O7S. The highest BCUT2D eigenvalue weighted by Gasteiger charge is 2.55. The number of hydrogen-bond acceptors (Lipinski definition) is 10. The normalized spacial score (nSPS) is 24.1. The molecule has 0 radical (unpaired) electrons. The summed E-state index contributed by atoms with van der Waals surface area (Å²) >= 11 is 0. The van der Waals surface area contributed by atoms with Crippen LogP contribution in [-0.4, -0.2) is 64.4 Å². The Morgan fingerprint density at radius 3 is 2.56 bits per heavy atom. The van der Waals surface area contributed by atoms with Crippen LogP contribution in [0.3, 0.4) is 0 Å². The Labute approximate surface area is 208 Å². The van der Waals surface area contributed by atoms with Crippen LogP contribution in [0.15, 0.2) is 43.0 Å². The number of carbonyl (C=O) groups excluding carboxylic acids is 2. The number of aromatic nitrogens is 4. The van der Waals surface area contributed by atoms with E-state index in [9.17, 15) is 18.0 Å². The first-order valence-corrected chi connectivity index (χ1v) is 13.1. The minimum Gasteiger partial charge on any atom is -0.457 e. The Balaban J connectivity index is 1.70. The van der Waals surface area contributed by atoms with E-state index in [-0.39, 0.29) is 18.3 Å². The third-order valence-corrected chi connectivity index (χ3v) is 6.82. The van der Waals surface area contributed by atoms with E-state index in [1.807, 2.05) is 13.8 Å². The molecule has 1 aliphatic heterocycles. The Kier molecular flexibility index (Phi) is 7.07. The van der Waals surface area contributed by atoms with E-state index in [1.165, 1.54) is 19.6 Å². The van der Waals surface area contributed by atoms with Crippen LogP contribution in [0.2, 0.25) is 0 Å². The molecule has 1 aromatic carbocycles. The molecule has 0 bridgehead atoms. The smallest absolute Gasteiger partial charge is 0.303 e. The van der Waals surface area contributed by atoms with Crippen molar-refractivity contribution in [2.45, 2.75) is 45.1 Å². The van der Waals surface area contributed by atoms with Gasteiger partial charge in [-0.05, 0) is 18.6 Å². The molecule has 0 aliphatic carbocycles. The number of rotatable bonds is 8. The first-order valence-electron chi connectivity index (χ1n) is 11.3. The quantitative estimate of drug-likeness (QED) is 0.348. The highest BCUT2D eigenvalue weighted by Crippen LogP contribution is 2.46. The summed E-state index contributed by atoms with van der Waals surface area (Å²) in [5, 5.41) is 2.74. The molecular weight excluding hydrogens is 490 g/mol. The SMILES string of the molecule is CC[C@@]1(COS(C)(=O)=O)O[C@@H](n2cnc3c(NC(=O)c4ccccc4)ncnc32)[C@@H](OC(C)=O)[C@@H]1C. The number of fused-ring (bicyclic) bond motifs is 1. The summed E-state index contributed by atoms with van der Waals surface area (Å²) < 4.78 is 42.1. The second-order valence-corrected chi connectivity index (χ2v) is 10.3. The van der Waals surface area contributed by atoms with E-state index in [1.54, 1.807) is 34.9 Å². The van der Waals surface area contributed by atoms with Crippen molar-refractivity contribution in [2.75, 3.05) is 18.2 Å². The minimum atomic E-state index is -3.74. The summed E-state index contributed by atoms with van der Waals surface area (Å²) in [6, 6.07) is 8.65. The van der Waals surface area contributed by atoms with Gasteiger partial charge in [-0.2, -0.15) is 8.42 Å². The second kappa shape index (κ2) is 9.91. The Hall–Kier alpha value is -3.42. The van der Waals surface area contributed by atoms with Gasteiger partial charge in [0.15, 0.2) is 29.3 Å². The lowest BCUT2D eigenvalue weighted by Gasteiger charge is -2.31. The third-order valence-electron chi connectivity index (χ3n) is 6.28. The van der Waals surface area contributed by atoms with Gasteiger partial charge in [-0.25, -0.2) is 15.0 Å². The fourth-order valence-corrected chi connectivity index (χ4v) is 4.72. The number of nitrogens with zero attached hydrogens (tertiary/aromatic N) is 4. The van der Waals surface area contributed by atoms with E-state index in [2.05, 4.69) is 20.3 Å². The number of imidazole rings is 1. The molecule has 13 heteroatoms. The highest BCUT2D eigenvalue weighted by atomic mass is 32.2. The van der Waals surface area contributed by atoms with Crippen molar-refractivity contribution >= 4 is 39.0 Å². The molecule has 12 nitrogen and oxygen atoms in total. The molecule has 1 aliphatic rings. The summed E-state index contributed by atoms with van der Waals surface area (Å²) in [6.45, 7) is 4.68. The zero-order valence-corrected chi connectivity index (χ0v) is 21.1. The molecule has 1 N–H and O–H groups in total. The Morgan fingerprint density at radius 2 is 1.92 bits per heavy atom. The van der Waals surface area contributed by atoms with Crippen molar-refractivity contribution in [2.24, 2.45) is 5.92 Å². The van der Waals surface area contributed by atoms with Gasteiger partial charge < -0.3 is 14.8 Å². The molecule has 0 saturated carbocycles. The second-order valence-electron chi connectivity index (χ2n) is 8.62. The van der Waals surface area contributed by atoms with Crippen LogP contribution in [0.25, 0.3) is 11.2 Å². The number of anilines is 1. The molecule has 2 aromatic heterocycles. The first-order chi connectivity index (χ1) is 17.0. The molecule has 0 unspecified atom stereocenters. The molecule has 36 heavy (non-hydrogen) atoms. The molecule has 4 atom stereocenters. The average Bonchev–Trinajstić information content (AvgIpc) is 3.38. The minimum absolute atomic E-state index is 0.199. The Bertz CT molecular complexity index is 1380. The third kappa shape index (κ3) is 5.08. The molecule has 3 heterocycles. The monoisotopic (exact) mass is 517 g/mol. The van der Waals surface area contributed by atoms with Gasteiger partial charge in [-0.1, -0.05) is 32.0 Å². The first kappa shape index (κ1) is 25.7. The lowest BCUT2D eigenvalue weighted by atomic mass is 9.85. The van der Waals surface area contributed by atoms with Crippen molar-refractivity contribution in [3.05, 3.63) is 48.5 Å². The van der Waals surface area contributed by atoms with Gasteiger partial charge in [0, 0.05) is 18.4 Å². The van der Waals surface area contributed by atoms with Gasteiger partial charge in [0.2, 0.25) is 0 Å². The van der Waals surface area contributed by atoms with Crippen molar-refractivity contribution < 1.29 is 31.7 Å². The van der Waals surface area contributed by atoms with Gasteiger partial charge in [0.25, 0.3) is 16.0 Å². The lowest BCUT2D eigenvalue weighted by molar-refractivity contribution is -0.154. The van der Waals surface area contributed by atoms with Crippen LogP contribution in [0.1, 0.15) is 43.8 Å². The standard InChI is InChI=1S/C23H27N5O7S/c1-5-23(11-33-36(4,31)32)14(2)18(34-15(3)29)22(35-23)28-13-26-17-19(24-12-25-20(17)28)27-21(30)16-9-7-6-8-10-16/h6-10,12-14,18,22H,5,11H2,1-4H3,(H,24,25,27,30)/t14-,18-,22+,23-/m0/s1. The fraction of sp³-hybridized carbons (Fsp3) is 0.435. The largest absolute Gasteiger partial charge is 0.457 e. The molecule has 1 amide bonds. The van der Waals surface area contributed by atoms with E-state index >= 15 is 0 Å². The van der Waals surface area contributed by atoms with Crippen molar-refractivity contribution in [3.8, 4) is 0 Å². The number of hydrogen-bond donors (Lipinski definition) is 1. The number of esters is 1. The molecule has 1 fully saturated rings. The molecule has 1 saturated heterocycles. The maximum absolute atomic E-state index is 12.7. The summed E-state index contributed by atoms with van der Waals surface area (Å²) in [7, 11) is -3.74. The van der Waals surface area contributed by atoms with Crippen LogP contribution in [0.5, 0.6) is 0 Å². The predicted molar refractivity (Wildman–Crippen MR) is 128 cm³/mol. The maximum atomic E-state index is 12.7. The summed E-state index contributed by atoms with van der Waals surface area (Å²) in [6.07, 6.45) is 2.40. The lowest BCUT2D eigenvalue weighted by Crippen LogP contribution is -2.42. The van der Waals surface area contributed by atoms with E-state index in [0.29, 0.717) is 23.1 Å². The van der Waals surface area contributed by atoms with E-state index < -0.39 is 39.9 Å². The predicted octanol–water partition coefficient (Wildman–Crippen LogP) is 2.30. The number of amides is 1. The van der Waals surface area contributed by atoms with E-state index in [0.717, 1.165) is 6.26 Å². The Morgan fingerprint density at radius 1 is 1.19 bits per heavy atom. The molecule has 4 rings (SSSR count). The van der Waals surface area contributed by atoms with Gasteiger partial charge in [-0.15, -0.1) is 0 Å². The number of benzene rings is 1. The topological polar surface area (TPSA) is 152 Å². The van der Waals surface area contributed by atoms with Gasteiger partial charge in [0.05, 0.1) is 19.2 Å². The van der Waals surface area contributed by atoms with Crippen molar-refractivity contribution in [1.29, 1.82) is 0 Å². The van der Waals surface area contributed by atoms with Gasteiger partial charge >= 0.3 is 5.97 Å². The zero-order valence-electron chi connectivity index (χ0n) is 20.2. The zero-order chi connectivity index (χ0) is 26.1.